The molecule has 2 unspecified atom stereocenters. The number of ether oxygens (including phenoxy) is 2. The third-order valence-corrected chi connectivity index (χ3v) is 13.2. The van der Waals surface area contributed by atoms with Gasteiger partial charge in [-0.15, -0.1) is 0 Å². The van der Waals surface area contributed by atoms with Crippen molar-refractivity contribution in [2.45, 2.75) is 24.2 Å². The van der Waals surface area contributed by atoms with Gasteiger partial charge >= 0.3 is 0 Å². The van der Waals surface area contributed by atoms with Crippen LogP contribution >= 0.6 is 7.92 Å². The van der Waals surface area contributed by atoms with E-state index in [1.54, 1.807) is 14.2 Å². The number of hydrogen-bond acceptors (Lipinski definition) is 3. The number of Topliss-reactive ketones (excluding diaryl/α,β-unsaturated/α-hetero) is 1. The first kappa shape index (κ1) is 31.1. The van der Waals surface area contributed by atoms with Gasteiger partial charge in [0.15, 0.2) is 0 Å². The number of carbonyl (C=O) groups is 1. The second-order valence-electron chi connectivity index (χ2n) is 12.6. The summed E-state index contributed by atoms with van der Waals surface area (Å²) in [6, 6.07) is 53.7. The maximum Gasteiger partial charge on any atom is 0.134 e. The van der Waals surface area contributed by atoms with Crippen LogP contribution in [-0.4, -0.2) is 20.0 Å². The Morgan fingerprint density at radius 2 is 0.918 bits per heavy atom. The lowest BCUT2D eigenvalue weighted by atomic mass is 9.92. The molecule has 0 amide bonds. The van der Waals surface area contributed by atoms with Gasteiger partial charge in [-0.05, 0) is 61.2 Å². The molecule has 0 saturated carbocycles. The molecule has 1 saturated heterocycles. The van der Waals surface area contributed by atoms with Crippen LogP contribution in [0.4, 0.5) is 0 Å². The molecule has 8 rings (SSSR count). The summed E-state index contributed by atoms with van der Waals surface area (Å²) in [5.41, 5.74) is 6.89. The second kappa shape index (κ2) is 13.3. The largest absolute Gasteiger partial charge is 0.496 e. The van der Waals surface area contributed by atoms with E-state index in [0.717, 1.165) is 55.3 Å². The minimum atomic E-state index is -1.04. The fourth-order valence-electron chi connectivity index (χ4n) is 7.77. The van der Waals surface area contributed by atoms with Crippen molar-refractivity contribution in [2.24, 2.45) is 0 Å². The number of rotatable bonds is 7. The topological polar surface area (TPSA) is 35.5 Å². The molecule has 1 aliphatic rings. The molecule has 1 aliphatic heterocycles. The van der Waals surface area contributed by atoms with Crippen molar-refractivity contribution in [2.75, 3.05) is 14.2 Å². The van der Waals surface area contributed by atoms with Crippen LogP contribution in [0.2, 0.25) is 0 Å². The summed E-state index contributed by atoms with van der Waals surface area (Å²) in [5.74, 6) is 1.97. The van der Waals surface area contributed by atoms with Crippen LogP contribution < -0.4 is 14.8 Å². The highest BCUT2D eigenvalue weighted by Gasteiger charge is 2.42. The number of hydrogen-bond donors (Lipinski definition) is 0. The van der Waals surface area contributed by atoms with Gasteiger partial charge in [0.05, 0.1) is 14.2 Å². The predicted octanol–water partition coefficient (Wildman–Crippen LogP) is 11.3. The molecule has 0 spiro atoms. The molecule has 0 N–H and O–H groups in total. The smallest absolute Gasteiger partial charge is 0.134 e. The van der Waals surface area contributed by atoms with Gasteiger partial charge in [-0.3, -0.25) is 4.79 Å². The molecule has 1 fully saturated rings. The van der Waals surface area contributed by atoms with E-state index < -0.39 is 7.92 Å². The summed E-state index contributed by atoms with van der Waals surface area (Å²) < 4.78 is 12.4. The van der Waals surface area contributed by atoms with E-state index in [0.29, 0.717) is 18.6 Å². The van der Waals surface area contributed by atoms with Gasteiger partial charge in [-0.25, -0.2) is 0 Å². The molecule has 240 valence electrons. The molecule has 7 aromatic rings. The summed E-state index contributed by atoms with van der Waals surface area (Å²) in [7, 11) is 2.48. The normalized spacial score (nSPS) is 17.7. The molecule has 0 aromatic heterocycles. The molecule has 49 heavy (non-hydrogen) atoms. The van der Waals surface area contributed by atoms with Crippen LogP contribution in [-0.2, 0) is 4.79 Å². The van der Waals surface area contributed by atoms with Crippen molar-refractivity contribution >= 4 is 40.6 Å². The van der Waals surface area contributed by atoms with E-state index in [1.165, 1.54) is 16.4 Å². The lowest BCUT2D eigenvalue weighted by Gasteiger charge is -2.41. The van der Waals surface area contributed by atoms with E-state index >= 15 is 0 Å². The van der Waals surface area contributed by atoms with Crippen molar-refractivity contribution in [1.29, 1.82) is 0 Å². The van der Waals surface area contributed by atoms with Gasteiger partial charge in [0.1, 0.15) is 17.3 Å². The highest BCUT2D eigenvalue weighted by Crippen LogP contribution is 2.68. The molecular formula is C45H37O3P. The first-order chi connectivity index (χ1) is 24.2. The molecule has 4 heteroatoms. The Bertz CT molecular complexity index is 2140. The fourth-order valence-corrected chi connectivity index (χ4v) is 11.5. The number of methoxy groups -OCH3 is 2. The Morgan fingerprint density at radius 3 is 1.37 bits per heavy atom. The Hall–Kier alpha value is -5.24. The zero-order chi connectivity index (χ0) is 33.3. The van der Waals surface area contributed by atoms with Crippen molar-refractivity contribution in [3.63, 3.8) is 0 Å². The maximum absolute atomic E-state index is 13.8. The van der Waals surface area contributed by atoms with Crippen molar-refractivity contribution in [3.8, 4) is 33.8 Å². The van der Waals surface area contributed by atoms with Gasteiger partial charge in [-0.2, -0.15) is 0 Å². The third-order valence-electron chi connectivity index (χ3n) is 9.94. The Labute approximate surface area is 288 Å². The van der Waals surface area contributed by atoms with Crippen LogP contribution in [0.3, 0.4) is 0 Å². The first-order valence-electron chi connectivity index (χ1n) is 16.8. The molecule has 1 heterocycles. The van der Waals surface area contributed by atoms with E-state index in [2.05, 4.69) is 152 Å². The molecule has 0 radical (unpaired) electrons. The lowest BCUT2D eigenvalue weighted by Crippen LogP contribution is -2.26. The van der Waals surface area contributed by atoms with Crippen LogP contribution in [0, 0.1) is 0 Å². The average molecular weight is 657 g/mol. The van der Waals surface area contributed by atoms with Crippen molar-refractivity contribution < 1.29 is 14.3 Å². The highest BCUT2D eigenvalue weighted by molar-refractivity contribution is 7.67. The summed E-state index contributed by atoms with van der Waals surface area (Å²) in [4.78, 5) is 13.8. The fraction of sp³-hybridized carbons (Fsp3) is 0.133. The van der Waals surface area contributed by atoms with Gasteiger partial charge in [0.25, 0.3) is 0 Å². The third kappa shape index (κ3) is 5.59. The number of carbonyl (C=O) groups excluding carboxylic acids is 1. The lowest BCUT2D eigenvalue weighted by molar-refractivity contribution is -0.119. The highest BCUT2D eigenvalue weighted by atomic mass is 31.1. The monoisotopic (exact) mass is 656 g/mol. The van der Waals surface area contributed by atoms with Gasteiger partial charge in [0.2, 0.25) is 0 Å². The number of benzene rings is 7. The first-order valence-corrected chi connectivity index (χ1v) is 18.3. The Balaban J connectivity index is 1.54. The summed E-state index contributed by atoms with van der Waals surface area (Å²) in [6.07, 6.45) is 1.01. The van der Waals surface area contributed by atoms with Crippen LogP contribution in [0.15, 0.2) is 152 Å². The van der Waals surface area contributed by atoms with Gasteiger partial charge in [-0.1, -0.05) is 147 Å². The van der Waals surface area contributed by atoms with Gasteiger partial charge < -0.3 is 9.47 Å². The molecule has 0 aliphatic carbocycles. The van der Waals surface area contributed by atoms with Crippen LogP contribution in [0.5, 0.6) is 11.5 Å². The predicted molar refractivity (Wildman–Crippen MR) is 205 cm³/mol. The maximum atomic E-state index is 13.8. The molecule has 0 bridgehead atoms. The van der Waals surface area contributed by atoms with E-state index in [-0.39, 0.29) is 11.3 Å². The van der Waals surface area contributed by atoms with E-state index in [4.69, 9.17) is 9.47 Å². The van der Waals surface area contributed by atoms with Crippen molar-refractivity contribution in [1.82, 2.24) is 0 Å². The Kier molecular flexibility index (Phi) is 8.46. The summed E-state index contributed by atoms with van der Waals surface area (Å²) >= 11 is 0. The summed E-state index contributed by atoms with van der Waals surface area (Å²) in [5, 5.41) is 5.87. The molecular weight excluding hydrogens is 619 g/mol. The quantitative estimate of drug-likeness (QED) is 0.160. The average Bonchev–Trinajstić information content (AvgIpc) is 3.17. The number of ketones is 1. The van der Waals surface area contributed by atoms with Crippen LogP contribution in [0.1, 0.15) is 35.3 Å². The zero-order valence-electron chi connectivity index (χ0n) is 27.7. The minimum Gasteiger partial charge on any atom is -0.496 e. The standard InChI is InChI=1S/C45H37O3P/c1-47-39-26-24-30-14-9-11-20-35(30)43(39)37-22-13-23-38(44-36-21-12-10-15-31(36)25-27-40(44)48-2)45(37)49-41(32-16-5-3-6-17-32)28-34(46)29-42(49)33-18-7-4-8-19-33/h3-27,41-42H,28-29H2,1-2H3. The van der Waals surface area contributed by atoms with Gasteiger partial charge in [0, 0.05) is 35.3 Å². The van der Waals surface area contributed by atoms with E-state index in [9.17, 15) is 4.79 Å². The molecule has 2 atom stereocenters. The van der Waals surface area contributed by atoms with Crippen molar-refractivity contribution in [3.05, 3.63) is 163 Å². The molecule has 3 nitrogen and oxygen atoms in total. The van der Waals surface area contributed by atoms with Crippen LogP contribution in [0.25, 0.3) is 43.8 Å². The minimum absolute atomic E-state index is 0.0181. The number of fused-ring (bicyclic) bond motifs is 2. The second-order valence-corrected chi connectivity index (χ2v) is 15.1. The molecule has 7 aromatic carbocycles. The van der Waals surface area contributed by atoms with E-state index in [1.807, 2.05) is 0 Å². The SMILES string of the molecule is COc1ccc2ccccc2c1-c1cccc(-c2c(OC)ccc3ccccc23)c1P1C(c2ccccc2)CC(=O)CC1c1ccccc1. The zero-order valence-corrected chi connectivity index (χ0v) is 28.6. The Morgan fingerprint density at radius 1 is 0.490 bits per heavy atom. The summed E-state index contributed by atoms with van der Waals surface area (Å²) in [6.45, 7) is 0.